The summed E-state index contributed by atoms with van der Waals surface area (Å²) in [4.78, 5) is 8.60. The van der Waals surface area contributed by atoms with Crippen LogP contribution in [-0.2, 0) is 17.2 Å². The summed E-state index contributed by atoms with van der Waals surface area (Å²) in [6.45, 7) is -0.138. The van der Waals surface area contributed by atoms with Crippen LogP contribution in [0.2, 0.25) is 0 Å². The molecule has 2 aromatic heterocycles. The van der Waals surface area contributed by atoms with Crippen LogP contribution < -0.4 is 0 Å². The second kappa shape index (κ2) is 8.20. The Morgan fingerprint density at radius 2 is 2.04 bits per heavy atom. The number of aromatic nitrogens is 4. The van der Waals surface area contributed by atoms with Crippen molar-refractivity contribution < 1.29 is 14.9 Å². The molecule has 0 spiro atoms. The first-order valence-corrected chi connectivity index (χ1v) is 8.46. The normalized spacial score (nSPS) is 12.6. The number of thioether (sulfide) groups is 1. The molecule has 2 heterocycles. The van der Waals surface area contributed by atoms with Gasteiger partial charge in [-0.2, -0.15) is 5.10 Å². The van der Waals surface area contributed by atoms with Gasteiger partial charge in [-0.25, -0.2) is 14.6 Å². The number of nitrogens with zero attached hydrogens (tertiary/aromatic N) is 4. The molecule has 3 rings (SSSR count). The van der Waals surface area contributed by atoms with Crippen molar-refractivity contribution in [2.24, 2.45) is 0 Å². The molecule has 3 aromatic rings. The van der Waals surface area contributed by atoms with E-state index >= 15 is 0 Å². The summed E-state index contributed by atoms with van der Waals surface area (Å²) in [5.41, 5.74) is 1.90. The molecule has 0 amide bonds. The average molecular weight is 346 g/mol. The van der Waals surface area contributed by atoms with Crippen molar-refractivity contribution >= 4 is 22.8 Å². The first-order valence-electron chi connectivity index (χ1n) is 7.48. The van der Waals surface area contributed by atoms with Gasteiger partial charge < -0.3 is 14.9 Å². The summed E-state index contributed by atoms with van der Waals surface area (Å²) < 4.78 is 6.94. The summed E-state index contributed by atoms with van der Waals surface area (Å²) in [5.74, 6) is 0.817. The zero-order chi connectivity index (χ0) is 16.8. The SMILES string of the molecule is OC[C@H](O)COCn1ncc2c(SCc3ccccc3)ncnc21. The number of aliphatic hydroxyl groups excluding tert-OH is 2. The minimum absolute atomic E-state index is 0.0402. The van der Waals surface area contributed by atoms with Crippen LogP contribution in [0.15, 0.2) is 47.9 Å². The van der Waals surface area contributed by atoms with Gasteiger partial charge >= 0.3 is 0 Å². The van der Waals surface area contributed by atoms with Crippen molar-refractivity contribution in [2.45, 2.75) is 23.6 Å². The maximum absolute atomic E-state index is 9.29. The van der Waals surface area contributed by atoms with Crippen LogP contribution in [0.1, 0.15) is 5.56 Å². The molecule has 0 fully saturated rings. The van der Waals surface area contributed by atoms with Crippen LogP contribution in [0.3, 0.4) is 0 Å². The third-order valence-electron chi connectivity index (χ3n) is 3.35. The molecular weight excluding hydrogens is 328 g/mol. The summed E-state index contributed by atoms with van der Waals surface area (Å²) >= 11 is 1.63. The molecule has 8 heteroatoms. The van der Waals surface area contributed by atoms with Gasteiger partial charge in [-0.3, -0.25) is 0 Å². The first-order chi connectivity index (χ1) is 11.8. The molecule has 1 atom stereocenters. The highest BCUT2D eigenvalue weighted by Crippen LogP contribution is 2.27. The fourth-order valence-corrected chi connectivity index (χ4v) is 3.05. The number of rotatable bonds is 8. The maximum Gasteiger partial charge on any atom is 0.164 e. The number of hydrogen-bond acceptors (Lipinski definition) is 7. The summed E-state index contributed by atoms with van der Waals surface area (Å²) in [6.07, 6.45) is 2.34. The summed E-state index contributed by atoms with van der Waals surface area (Å²) in [5, 5.41) is 24.1. The summed E-state index contributed by atoms with van der Waals surface area (Å²) in [7, 11) is 0. The van der Waals surface area contributed by atoms with E-state index in [0.717, 1.165) is 16.2 Å². The maximum atomic E-state index is 9.29. The molecule has 0 aliphatic rings. The topological polar surface area (TPSA) is 93.3 Å². The van der Waals surface area contributed by atoms with Gasteiger partial charge in [0.05, 0.1) is 24.8 Å². The molecule has 0 saturated heterocycles. The van der Waals surface area contributed by atoms with Gasteiger partial charge in [0.15, 0.2) is 5.65 Å². The molecule has 1 aromatic carbocycles. The standard InChI is InChI=1S/C16H18N4O3S/c21-7-13(22)8-23-11-20-15-14(6-19-20)16(18-10-17-15)24-9-12-4-2-1-3-5-12/h1-6,10,13,21-22H,7-9,11H2/t13-/m0/s1. The fourth-order valence-electron chi connectivity index (χ4n) is 2.13. The van der Waals surface area contributed by atoms with E-state index in [4.69, 9.17) is 9.84 Å². The van der Waals surface area contributed by atoms with Crippen molar-refractivity contribution in [3.8, 4) is 0 Å². The highest BCUT2D eigenvalue weighted by atomic mass is 32.2. The Hall–Kier alpha value is -2.00. The largest absolute Gasteiger partial charge is 0.394 e. The lowest BCUT2D eigenvalue weighted by Crippen LogP contribution is -2.20. The van der Waals surface area contributed by atoms with Gasteiger partial charge in [0.2, 0.25) is 0 Å². The second-order valence-electron chi connectivity index (χ2n) is 5.17. The van der Waals surface area contributed by atoms with Crippen molar-refractivity contribution in [3.05, 3.63) is 48.4 Å². The van der Waals surface area contributed by atoms with Gasteiger partial charge in [-0.05, 0) is 5.56 Å². The number of aliphatic hydroxyl groups is 2. The number of ether oxygens (including phenoxy) is 1. The van der Waals surface area contributed by atoms with Gasteiger partial charge in [0.1, 0.15) is 24.2 Å². The number of hydrogen-bond donors (Lipinski definition) is 2. The lowest BCUT2D eigenvalue weighted by atomic mass is 10.2. The van der Waals surface area contributed by atoms with E-state index in [0.29, 0.717) is 5.65 Å². The Balaban J connectivity index is 1.69. The van der Waals surface area contributed by atoms with E-state index in [1.165, 1.54) is 11.9 Å². The van der Waals surface area contributed by atoms with Crippen molar-refractivity contribution in [3.63, 3.8) is 0 Å². The summed E-state index contributed by atoms with van der Waals surface area (Å²) in [6, 6.07) is 10.2. The van der Waals surface area contributed by atoms with Crippen molar-refractivity contribution in [1.29, 1.82) is 0 Å². The van der Waals surface area contributed by atoms with E-state index in [2.05, 4.69) is 27.2 Å². The second-order valence-corrected chi connectivity index (χ2v) is 6.13. The molecule has 7 nitrogen and oxygen atoms in total. The average Bonchev–Trinajstić information content (AvgIpc) is 3.04. The third kappa shape index (κ3) is 4.09. The van der Waals surface area contributed by atoms with E-state index in [1.54, 1.807) is 22.6 Å². The molecule has 24 heavy (non-hydrogen) atoms. The minimum atomic E-state index is -0.890. The predicted octanol–water partition coefficient (Wildman–Crippen LogP) is 1.45. The Morgan fingerprint density at radius 3 is 2.83 bits per heavy atom. The van der Waals surface area contributed by atoms with Gasteiger partial charge in [0, 0.05) is 5.75 Å². The lowest BCUT2D eigenvalue weighted by molar-refractivity contribution is -0.0194. The molecule has 0 aliphatic carbocycles. The Morgan fingerprint density at radius 1 is 1.21 bits per heavy atom. The quantitative estimate of drug-likeness (QED) is 0.471. The fraction of sp³-hybridized carbons (Fsp3) is 0.312. The first kappa shape index (κ1) is 16.8. The zero-order valence-corrected chi connectivity index (χ0v) is 13.8. The van der Waals surface area contributed by atoms with Crippen LogP contribution in [-0.4, -0.2) is 49.3 Å². The molecule has 0 radical (unpaired) electrons. The van der Waals surface area contributed by atoms with Gasteiger partial charge in [-0.1, -0.05) is 30.3 Å². The van der Waals surface area contributed by atoms with Crippen LogP contribution in [0.25, 0.3) is 11.0 Å². The predicted molar refractivity (Wildman–Crippen MR) is 90.4 cm³/mol. The van der Waals surface area contributed by atoms with Crippen LogP contribution in [0.5, 0.6) is 0 Å². The van der Waals surface area contributed by atoms with Crippen molar-refractivity contribution in [2.75, 3.05) is 13.2 Å². The molecule has 0 saturated carbocycles. The van der Waals surface area contributed by atoms with Gasteiger partial charge in [0.25, 0.3) is 0 Å². The number of fused-ring (bicyclic) bond motifs is 1. The molecule has 2 N–H and O–H groups in total. The van der Waals surface area contributed by atoms with Crippen LogP contribution >= 0.6 is 11.8 Å². The van der Waals surface area contributed by atoms with Crippen LogP contribution in [0, 0.1) is 0 Å². The van der Waals surface area contributed by atoms with E-state index in [9.17, 15) is 5.11 Å². The van der Waals surface area contributed by atoms with E-state index in [1.807, 2.05) is 18.2 Å². The molecule has 0 bridgehead atoms. The van der Waals surface area contributed by atoms with Crippen molar-refractivity contribution in [1.82, 2.24) is 19.7 Å². The molecule has 0 aliphatic heterocycles. The number of benzene rings is 1. The van der Waals surface area contributed by atoms with E-state index < -0.39 is 6.10 Å². The smallest absolute Gasteiger partial charge is 0.164 e. The van der Waals surface area contributed by atoms with E-state index in [-0.39, 0.29) is 19.9 Å². The lowest BCUT2D eigenvalue weighted by Gasteiger charge is -2.08. The monoisotopic (exact) mass is 346 g/mol. The van der Waals surface area contributed by atoms with Gasteiger partial charge in [-0.15, -0.1) is 11.8 Å². The molecule has 0 unspecified atom stereocenters. The highest BCUT2D eigenvalue weighted by Gasteiger charge is 2.11. The minimum Gasteiger partial charge on any atom is -0.394 e. The molecular formula is C16H18N4O3S. The third-order valence-corrected chi connectivity index (χ3v) is 4.43. The highest BCUT2D eigenvalue weighted by molar-refractivity contribution is 7.98. The Bertz CT molecular complexity index is 781. The Labute approximate surface area is 143 Å². The van der Waals surface area contributed by atoms with Crippen LogP contribution in [0.4, 0.5) is 0 Å². The molecule has 126 valence electrons. The Kier molecular flexibility index (Phi) is 5.76. The zero-order valence-electron chi connectivity index (χ0n) is 12.9.